The van der Waals surface area contributed by atoms with Crippen LogP contribution in [0.25, 0.3) is 0 Å². The molecular formula is C12H15FN4O2S. The second-order valence-corrected chi connectivity index (χ2v) is 6.12. The molecule has 20 heavy (non-hydrogen) atoms. The number of halogens is 1. The highest BCUT2D eigenvalue weighted by Gasteiger charge is 2.19. The molecule has 0 saturated heterocycles. The Balaban J connectivity index is 2.35. The van der Waals surface area contributed by atoms with Gasteiger partial charge in [0.1, 0.15) is 11.6 Å². The first-order valence-electron chi connectivity index (χ1n) is 6.04. The molecule has 0 aliphatic rings. The van der Waals surface area contributed by atoms with Crippen molar-refractivity contribution in [3.05, 3.63) is 34.9 Å². The first kappa shape index (κ1) is 14.4. The first-order chi connectivity index (χ1) is 9.33. The summed E-state index contributed by atoms with van der Waals surface area (Å²) in [4.78, 5) is 3.95. The van der Waals surface area contributed by atoms with Crippen molar-refractivity contribution >= 4 is 16.0 Å². The van der Waals surface area contributed by atoms with Crippen LogP contribution in [0.1, 0.15) is 23.9 Å². The van der Waals surface area contributed by atoms with Crippen LogP contribution in [0, 0.1) is 19.7 Å². The van der Waals surface area contributed by atoms with E-state index in [-0.39, 0.29) is 22.0 Å². The molecule has 1 heterocycles. The maximum atomic E-state index is 13.5. The number of anilines is 1. The zero-order valence-electron chi connectivity index (χ0n) is 11.4. The monoisotopic (exact) mass is 298 g/mol. The van der Waals surface area contributed by atoms with Gasteiger partial charge < -0.3 is 0 Å². The highest BCUT2D eigenvalue weighted by Crippen LogP contribution is 2.20. The number of aromatic amines is 1. The van der Waals surface area contributed by atoms with Gasteiger partial charge in [-0.3, -0.25) is 5.10 Å². The molecule has 0 atom stereocenters. The number of nitrogens with zero attached hydrogens (tertiary/aromatic N) is 2. The van der Waals surface area contributed by atoms with E-state index >= 15 is 0 Å². The Morgan fingerprint density at radius 3 is 2.40 bits per heavy atom. The Kier molecular flexibility index (Phi) is 3.76. The van der Waals surface area contributed by atoms with Crippen molar-refractivity contribution < 1.29 is 12.8 Å². The van der Waals surface area contributed by atoms with Crippen LogP contribution in [0.15, 0.2) is 17.0 Å². The molecule has 0 spiro atoms. The van der Waals surface area contributed by atoms with Gasteiger partial charge in [0.05, 0.1) is 4.90 Å². The molecule has 0 amide bonds. The second-order valence-electron chi connectivity index (χ2n) is 4.44. The van der Waals surface area contributed by atoms with Gasteiger partial charge in [0.25, 0.3) is 16.0 Å². The van der Waals surface area contributed by atoms with Gasteiger partial charge in [-0.1, -0.05) is 6.92 Å². The third-order valence-corrected chi connectivity index (χ3v) is 4.12. The van der Waals surface area contributed by atoms with Crippen LogP contribution in [0.2, 0.25) is 0 Å². The average Bonchev–Trinajstić information content (AvgIpc) is 2.82. The summed E-state index contributed by atoms with van der Waals surface area (Å²) in [5, 5.41) is 6.37. The van der Waals surface area contributed by atoms with Gasteiger partial charge in [0, 0.05) is 6.42 Å². The molecular weight excluding hydrogens is 283 g/mol. The maximum absolute atomic E-state index is 13.5. The number of hydrogen-bond donors (Lipinski definition) is 2. The SMILES string of the molecule is CCc1nc(NS(=O)(=O)c2cc(C)c(F)c(C)c2)n[nH]1. The van der Waals surface area contributed by atoms with E-state index in [9.17, 15) is 12.8 Å². The van der Waals surface area contributed by atoms with E-state index in [0.29, 0.717) is 12.2 Å². The van der Waals surface area contributed by atoms with Gasteiger partial charge in [-0.15, -0.1) is 5.10 Å². The number of sulfonamides is 1. The molecule has 108 valence electrons. The summed E-state index contributed by atoms with van der Waals surface area (Å²) in [6.07, 6.45) is 0.615. The third kappa shape index (κ3) is 2.79. The minimum Gasteiger partial charge on any atom is -0.261 e. The van der Waals surface area contributed by atoms with Crippen LogP contribution < -0.4 is 4.72 Å². The first-order valence-corrected chi connectivity index (χ1v) is 7.52. The predicted octanol–water partition coefficient (Wildman–Crippen LogP) is 1.92. The lowest BCUT2D eigenvalue weighted by Gasteiger charge is -2.08. The average molecular weight is 298 g/mol. The third-order valence-electron chi connectivity index (χ3n) is 2.81. The zero-order valence-corrected chi connectivity index (χ0v) is 12.2. The lowest BCUT2D eigenvalue weighted by Crippen LogP contribution is -2.15. The summed E-state index contributed by atoms with van der Waals surface area (Å²) in [6, 6.07) is 2.55. The Morgan fingerprint density at radius 2 is 1.90 bits per heavy atom. The zero-order chi connectivity index (χ0) is 14.9. The summed E-state index contributed by atoms with van der Waals surface area (Å²) in [6.45, 7) is 4.90. The highest BCUT2D eigenvalue weighted by atomic mass is 32.2. The number of benzene rings is 1. The van der Waals surface area contributed by atoms with Gasteiger partial charge in [-0.25, -0.2) is 17.5 Å². The molecule has 2 N–H and O–H groups in total. The Morgan fingerprint density at radius 1 is 1.30 bits per heavy atom. The largest absolute Gasteiger partial charge is 0.264 e. The van der Waals surface area contributed by atoms with Crippen molar-refractivity contribution in [2.24, 2.45) is 0 Å². The fourth-order valence-electron chi connectivity index (χ4n) is 1.74. The minimum absolute atomic E-state index is 0.0169. The van der Waals surface area contributed by atoms with Gasteiger partial charge in [0.15, 0.2) is 0 Å². The molecule has 0 fully saturated rings. The quantitative estimate of drug-likeness (QED) is 0.902. The van der Waals surface area contributed by atoms with Crippen molar-refractivity contribution in [3.63, 3.8) is 0 Å². The molecule has 0 aliphatic carbocycles. The number of aromatic nitrogens is 3. The van der Waals surface area contributed by atoms with Crippen molar-refractivity contribution in [3.8, 4) is 0 Å². The Hall–Kier alpha value is -1.96. The highest BCUT2D eigenvalue weighted by molar-refractivity contribution is 7.92. The van der Waals surface area contributed by atoms with Crippen molar-refractivity contribution in [2.45, 2.75) is 32.1 Å². The molecule has 8 heteroatoms. The van der Waals surface area contributed by atoms with Gasteiger partial charge >= 0.3 is 0 Å². The van der Waals surface area contributed by atoms with Gasteiger partial charge in [-0.2, -0.15) is 4.98 Å². The Bertz CT molecular complexity index is 717. The maximum Gasteiger partial charge on any atom is 0.264 e. The van der Waals surface area contributed by atoms with Gasteiger partial charge in [0.2, 0.25) is 0 Å². The van der Waals surface area contributed by atoms with Crippen LogP contribution in [-0.2, 0) is 16.4 Å². The van der Waals surface area contributed by atoms with Crippen LogP contribution in [0.5, 0.6) is 0 Å². The van der Waals surface area contributed by atoms with E-state index < -0.39 is 15.8 Å². The molecule has 1 aromatic carbocycles. The standard InChI is InChI=1S/C12H15FN4O2S/c1-4-10-14-12(16-15-10)17-20(18,19)9-5-7(2)11(13)8(3)6-9/h5-6H,4H2,1-3H3,(H2,14,15,16,17). The van der Waals surface area contributed by atoms with Crippen LogP contribution in [0.4, 0.5) is 10.3 Å². The molecule has 6 nitrogen and oxygen atoms in total. The van der Waals surface area contributed by atoms with E-state index in [1.54, 1.807) is 0 Å². The Labute approximate surface area is 116 Å². The summed E-state index contributed by atoms with van der Waals surface area (Å²) in [5.74, 6) is 0.144. The summed E-state index contributed by atoms with van der Waals surface area (Å²) < 4.78 is 40.2. The number of rotatable bonds is 4. The van der Waals surface area contributed by atoms with Crippen molar-refractivity contribution in [1.29, 1.82) is 0 Å². The summed E-state index contributed by atoms with van der Waals surface area (Å²) in [7, 11) is -3.83. The second kappa shape index (κ2) is 5.20. The molecule has 0 aliphatic heterocycles. The fourth-order valence-corrected chi connectivity index (χ4v) is 2.85. The fraction of sp³-hybridized carbons (Fsp3) is 0.333. The minimum atomic E-state index is -3.83. The number of hydrogen-bond acceptors (Lipinski definition) is 4. The van der Waals surface area contributed by atoms with Gasteiger partial charge in [-0.05, 0) is 37.1 Å². The predicted molar refractivity (Wildman–Crippen MR) is 72.4 cm³/mol. The summed E-state index contributed by atoms with van der Waals surface area (Å²) in [5.41, 5.74) is 0.546. The van der Waals surface area contributed by atoms with E-state index in [1.165, 1.54) is 26.0 Å². The number of H-pyrrole nitrogens is 1. The molecule has 2 rings (SSSR count). The van der Waals surface area contributed by atoms with E-state index in [0.717, 1.165) is 0 Å². The number of aryl methyl sites for hydroxylation is 3. The molecule has 2 aromatic rings. The molecule has 1 aromatic heterocycles. The molecule has 0 bridgehead atoms. The molecule has 0 saturated carbocycles. The smallest absolute Gasteiger partial charge is 0.261 e. The number of nitrogens with one attached hydrogen (secondary N) is 2. The summed E-state index contributed by atoms with van der Waals surface area (Å²) >= 11 is 0. The van der Waals surface area contributed by atoms with Crippen molar-refractivity contribution in [2.75, 3.05) is 4.72 Å². The molecule has 0 radical (unpaired) electrons. The van der Waals surface area contributed by atoms with Crippen LogP contribution in [0.3, 0.4) is 0 Å². The topological polar surface area (TPSA) is 87.7 Å². The van der Waals surface area contributed by atoms with E-state index in [1.807, 2.05) is 6.92 Å². The van der Waals surface area contributed by atoms with E-state index in [4.69, 9.17) is 0 Å². The van der Waals surface area contributed by atoms with Crippen LogP contribution >= 0.6 is 0 Å². The normalized spacial score (nSPS) is 11.6. The lowest BCUT2D eigenvalue weighted by atomic mass is 10.1. The molecule has 0 unspecified atom stereocenters. The van der Waals surface area contributed by atoms with Crippen molar-refractivity contribution in [1.82, 2.24) is 15.2 Å². The lowest BCUT2D eigenvalue weighted by molar-refractivity contribution is 0.595. The van der Waals surface area contributed by atoms with Crippen LogP contribution in [-0.4, -0.2) is 23.6 Å². The van der Waals surface area contributed by atoms with E-state index in [2.05, 4.69) is 19.9 Å².